The molecule has 6 heteroatoms. The number of hydrogen-bond donors (Lipinski definition) is 2. The second-order valence-corrected chi connectivity index (χ2v) is 10.5. The molecule has 0 spiro atoms. The van der Waals surface area contributed by atoms with E-state index in [2.05, 4.69) is 100 Å². The van der Waals surface area contributed by atoms with Crippen LogP contribution in [-0.2, 0) is 5.41 Å². The van der Waals surface area contributed by atoms with Crippen molar-refractivity contribution in [2.24, 2.45) is 0 Å². The van der Waals surface area contributed by atoms with Gasteiger partial charge in [-0.15, -0.1) is 0 Å². The van der Waals surface area contributed by atoms with Crippen LogP contribution in [0.2, 0.25) is 0 Å². The van der Waals surface area contributed by atoms with Crippen molar-refractivity contribution in [3.05, 3.63) is 113 Å². The maximum Gasteiger partial charge on any atom is 0.130 e. The lowest BCUT2D eigenvalue weighted by Crippen LogP contribution is -2.29. The van der Waals surface area contributed by atoms with Gasteiger partial charge in [0.05, 0.1) is 14.4 Å². The predicted octanol–water partition coefficient (Wildman–Crippen LogP) is 8.51. The third kappa shape index (κ3) is 2.92. The van der Waals surface area contributed by atoms with Crippen LogP contribution in [0.4, 0.5) is 0 Å². The molecule has 2 nitrogen and oxygen atoms in total. The van der Waals surface area contributed by atoms with Crippen LogP contribution in [0.3, 0.4) is 0 Å². The van der Waals surface area contributed by atoms with E-state index in [1.54, 1.807) is 12.1 Å². The van der Waals surface area contributed by atoms with Gasteiger partial charge in [0.25, 0.3) is 0 Å². The molecule has 0 atom stereocenters. The molecule has 154 valence electrons. The number of halogens is 4. The van der Waals surface area contributed by atoms with Crippen LogP contribution in [0.25, 0.3) is 11.1 Å². The molecule has 0 aromatic heterocycles. The average Bonchev–Trinajstić information content (AvgIpc) is 3.07. The Morgan fingerprint density at radius 2 is 0.839 bits per heavy atom. The first kappa shape index (κ1) is 21.3. The SMILES string of the molecule is Oc1ccc(C2(c3ccc(O)c(Br)c3Br)c3ccccc3-c3ccccc32)c(Br)c1Br. The van der Waals surface area contributed by atoms with E-state index in [0.29, 0.717) is 8.95 Å². The zero-order valence-corrected chi connectivity index (χ0v) is 22.2. The van der Waals surface area contributed by atoms with Crippen molar-refractivity contribution in [3.63, 3.8) is 0 Å². The monoisotopic (exact) mass is 662 g/mol. The minimum Gasteiger partial charge on any atom is -0.507 e. The molecule has 0 radical (unpaired) electrons. The van der Waals surface area contributed by atoms with E-state index in [4.69, 9.17) is 0 Å². The molecule has 0 amide bonds. The van der Waals surface area contributed by atoms with Gasteiger partial charge in [-0.3, -0.25) is 0 Å². The first-order valence-electron chi connectivity index (χ1n) is 9.43. The molecule has 2 N–H and O–H groups in total. The van der Waals surface area contributed by atoms with E-state index in [9.17, 15) is 10.2 Å². The summed E-state index contributed by atoms with van der Waals surface area (Å²) in [4.78, 5) is 0. The zero-order valence-electron chi connectivity index (χ0n) is 15.8. The Morgan fingerprint density at radius 1 is 0.452 bits per heavy atom. The van der Waals surface area contributed by atoms with E-state index < -0.39 is 5.41 Å². The van der Waals surface area contributed by atoms with Gasteiger partial charge in [0.1, 0.15) is 11.5 Å². The van der Waals surface area contributed by atoms with E-state index in [1.807, 2.05) is 24.3 Å². The fourth-order valence-electron chi connectivity index (χ4n) is 4.62. The summed E-state index contributed by atoms with van der Waals surface area (Å²) in [6.45, 7) is 0. The highest BCUT2D eigenvalue weighted by molar-refractivity contribution is 9.13. The number of benzene rings is 4. The molecule has 31 heavy (non-hydrogen) atoms. The zero-order chi connectivity index (χ0) is 21.9. The van der Waals surface area contributed by atoms with Crippen molar-refractivity contribution in [3.8, 4) is 22.6 Å². The van der Waals surface area contributed by atoms with E-state index in [1.165, 1.54) is 0 Å². The normalized spacial score (nSPS) is 13.7. The number of rotatable bonds is 2. The molecular weight excluding hydrogens is 652 g/mol. The van der Waals surface area contributed by atoms with Crippen molar-refractivity contribution in [2.45, 2.75) is 5.41 Å². The van der Waals surface area contributed by atoms with E-state index in [0.717, 1.165) is 42.3 Å². The lowest BCUT2D eigenvalue weighted by Gasteiger charge is -2.36. The molecule has 5 rings (SSSR count). The topological polar surface area (TPSA) is 40.5 Å². The molecule has 0 aliphatic heterocycles. The van der Waals surface area contributed by atoms with Crippen LogP contribution in [0, 0.1) is 0 Å². The molecule has 4 aromatic rings. The van der Waals surface area contributed by atoms with Crippen molar-refractivity contribution < 1.29 is 10.2 Å². The van der Waals surface area contributed by atoms with Crippen molar-refractivity contribution in [1.82, 2.24) is 0 Å². The fourth-order valence-corrected chi connectivity index (χ4v) is 6.58. The molecular formula is C25H14Br4O2. The highest BCUT2D eigenvalue weighted by Crippen LogP contribution is 2.60. The third-order valence-corrected chi connectivity index (χ3v) is 10.2. The average molecular weight is 666 g/mol. The Hall–Kier alpha value is -1.60. The molecule has 1 aliphatic carbocycles. The molecule has 0 heterocycles. The summed E-state index contributed by atoms with van der Waals surface area (Å²) in [6.07, 6.45) is 0. The summed E-state index contributed by atoms with van der Waals surface area (Å²) >= 11 is 14.6. The first-order chi connectivity index (χ1) is 14.9. The Morgan fingerprint density at radius 3 is 1.26 bits per heavy atom. The van der Waals surface area contributed by atoms with Gasteiger partial charge < -0.3 is 10.2 Å². The standard InChI is InChI=1S/C25H14Br4O2/c26-21-17(9-11-19(30)23(21)28)25(18-10-12-20(31)24(29)22(18)27)15-7-3-1-5-13(15)14-6-2-4-8-16(14)25/h1-12,30-31H. The minimum absolute atomic E-state index is 0.163. The van der Waals surface area contributed by atoms with Crippen LogP contribution in [0.1, 0.15) is 22.3 Å². The number of phenolic OH excluding ortho intramolecular Hbond substituents is 2. The van der Waals surface area contributed by atoms with Crippen LogP contribution in [0.15, 0.2) is 90.7 Å². The Kier molecular flexibility index (Phi) is 5.32. The van der Waals surface area contributed by atoms with Gasteiger partial charge in [-0.2, -0.15) is 0 Å². The van der Waals surface area contributed by atoms with Gasteiger partial charge in [0.15, 0.2) is 0 Å². The van der Waals surface area contributed by atoms with Gasteiger partial charge in [-0.25, -0.2) is 0 Å². The molecule has 0 fully saturated rings. The number of phenols is 2. The second kappa shape index (κ2) is 7.77. The summed E-state index contributed by atoms with van der Waals surface area (Å²) < 4.78 is 2.74. The summed E-state index contributed by atoms with van der Waals surface area (Å²) in [5.41, 5.74) is 5.86. The third-order valence-electron chi connectivity index (χ3n) is 5.88. The first-order valence-corrected chi connectivity index (χ1v) is 12.6. The Bertz CT molecular complexity index is 1260. The largest absolute Gasteiger partial charge is 0.507 e. The highest BCUT2D eigenvalue weighted by atomic mass is 79.9. The van der Waals surface area contributed by atoms with Crippen LogP contribution in [0.5, 0.6) is 11.5 Å². The number of fused-ring (bicyclic) bond motifs is 3. The van der Waals surface area contributed by atoms with E-state index in [-0.39, 0.29) is 11.5 Å². The Balaban J connectivity index is 2.04. The summed E-state index contributed by atoms with van der Waals surface area (Å²) in [5.74, 6) is 0.326. The molecule has 4 aromatic carbocycles. The van der Waals surface area contributed by atoms with Gasteiger partial charge in [-0.1, -0.05) is 60.7 Å². The van der Waals surface area contributed by atoms with Crippen molar-refractivity contribution >= 4 is 63.7 Å². The second-order valence-electron chi connectivity index (χ2n) is 7.36. The highest BCUT2D eigenvalue weighted by Gasteiger charge is 2.48. The molecule has 0 saturated heterocycles. The van der Waals surface area contributed by atoms with Crippen LogP contribution >= 0.6 is 63.7 Å². The molecule has 0 bridgehead atoms. The van der Waals surface area contributed by atoms with Gasteiger partial charge in [0.2, 0.25) is 0 Å². The maximum absolute atomic E-state index is 10.3. The lowest BCUT2D eigenvalue weighted by molar-refractivity contribution is 0.470. The summed E-state index contributed by atoms with van der Waals surface area (Å²) in [6, 6.07) is 24.1. The van der Waals surface area contributed by atoms with Crippen LogP contribution < -0.4 is 0 Å². The van der Waals surface area contributed by atoms with E-state index >= 15 is 0 Å². The summed E-state index contributed by atoms with van der Waals surface area (Å²) in [7, 11) is 0. The van der Waals surface area contributed by atoms with Crippen molar-refractivity contribution in [2.75, 3.05) is 0 Å². The molecule has 1 aliphatic rings. The smallest absolute Gasteiger partial charge is 0.130 e. The fraction of sp³-hybridized carbons (Fsp3) is 0.0400. The number of hydrogen-bond acceptors (Lipinski definition) is 2. The molecule has 0 saturated carbocycles. The minimum atomic E-state index is -0.683. The van der Waals surface area contributed by atoms with Crippen LogP contribution in [-0.4, -0.2) is 10.2 Å². The predicted molar refractivity (Wildman–Crippen MR) is 138 cm³/mol. The molecule has 0 unspecified atom stereocenters. The quantitative estimate of drug-likeness (QED) is 0.199. The Labute approximate surface area is 213 Å². The summed E-state index contributed by atoms with van der Waals surface area (Å²) in [5, 5.41) is 20.6. The lowest BCUT2D eigenvalue weighted by atomic mass is 9.67. The number of aromatic hydroxyl groups is 2. The van der Waals surface area contributed by atoms with Gasteiger partial charge in [0, 0.05) is 8.95 Å². The van der Waals surface area contributed by atoms with Gasteiger partial charge >= 0.3 is 0 Å². The maximum atomic E-state index is 10.3. The van der Waals surface area contributed by atoms with Gasteiger partial charge in [-0.05, 0) is 109 Å². The van der Waals surface area contributed by atoms with Crippen molar-refractivity contribution in [1.29, 1.82) is 0 Å².